The molecule has 0 aliphatic carbocycles. The Morgan fingerprint density at radius 2 is 2.00 bits per heavy atom. The normalized spacial score (nSPS) is 11.3. The molecule has 0 aliphatic heterocycles. The SMILES string of the molecule is CCNC(=NCc1cccc(C(N)=O)c1)NCc1ccc(C)cc1SC. The number of hydrogen-bond acceptors (Lipinski definition) is 3. The van der Waals surface area contributed by atoms with Crippen molar-refractivity contribution < 1.29 is 4.79 Å². The minimum absolute atomic E-state index is 0.426. The van der Waals surface area contributed by atoms with Crippen LogP contribution in [0.3, 0.4) is 0 Å². The molecule has 0 aromatic heterocycles. The van der Waals surface area contributed by atoms with E-state index in [4.69, 9.17) is 5.73 Å². The van der Waals surface area contributed by atoms with Gasteiger partial charge in [-0.2, -0.15) is 0 Å². The average Bonchev–Trinajstić information content (AvgIpc) is 2.64. The van der Waals surface area contributed by atoms with E-state index in [9.17, 15) is 4.79 Å². The van der Waals surface area contributed by atoms with E-state index >= 15 is 0 Å². The maximum atomic E-state index is 11.3. The zero-order chi connectivity index (χ0) is 18.9. The van der Waals surface area contributed by atoms with Gasteiger partial charge < -0.3 is 16.4 Å². The first-order valence-electron chi connectivity index (χ1n) is 8.58. The highest BCUT2D eigenvalue weighted by molar-refractivity contribution is 7.98. The Morgan fingerprint density at radius 1 is 1.19 bits per heavy atom. The van der Waals surface area contributed by atoms with Crippen molar-refractivity contribution in [1.82, 2.24) is 10.6 Å². The molecule has 1 amide bonds. The van der Waals surface area contributed by atoms with Crippen LogP contribution in [-0.2, 0) is 13.1 Å². The molecule has 0 spiro atoms. The fourth-order valence-electron chi connectivity index (χ4n) is 2.51. The molecule has 0 radical (unpaired) electrons. The van der Waals surface area contributed by atoms with Crippen LogP contribution in [0.25, 0.3) is 0 Å². The topological polar surface area (TPSA) is 79.5 Å². The Labute approximate surface area is 159 Å². The summed E-state index contributed by atoms with van der Waals surface area (Å²) in [6, 6.07) is 13.7. The first kappa shape index (κ1) is 19.8. The summed E-state index contributed by atoms with van der Waals surface area (Å²) in [5.74, 6) is 0.314. The number of nitrogens with one attached hydrogen (secondary N) is 2. The van der Waals surface area contributed by atoms with Crippen LogP contribution in [0.1, 0.15) is 34.0 Å². The highest BCUT2D eigenvalue weighted by Gasteiger charge is 2.05. The van der Waals surface area contributed by atoms with Gasteiger partial charge in [-0.15, -0.1) is 11.8 Å². The number of rotatable bonds is 7. The van der Waals surface area contributed by atoms with Crippen molar-refractivity contribution in [3.8, 4) is 0 Å². The second-order valence-corrected chi connectivity index (χ2v) is 6.78. The molecule has 0 saturated carbocycles. The van der Waals surface area contributed by atoms with E-state index in [2.05, 4.69) is 47.0 Å². The highest BCUT2D eigenvalue weighted by atomic mass is 32.2. The summed E-state index contributed by atoms with van der Waals surface area (Å²) in [7, 11) is 0. The molecule has 0 atom stereocenters. The predicted octanol–water partition coefficient (Wildman–Crippen LogP) is 3.07. The van der Waals surface area contributed by atoms with E-state index in [0.717, 1.165) is 18.1 Å². The van der Waals surface area contributed by atoms with Crippen LogP contribution in [0, 0.1) is 6.92 Å². The fourth-order valence-corrected chi connectivity index (χ4v) is 3.22. The van der Waals surface area contributed by atoms with E-state index in [1.807, 2.05) is 19.1 Å². The van der Waals surface area contributed by atoms with Gasteiger partial charge in [0.15, 0.2) is 5.96 Å². The standard InChI is InChI=1S/C20H26N4OS/c1-4-22-20(23-12-15-6-5-7-16(11-15)19(21)25)24-13-17-9-8-14(2)10-18(17)26-3/h5-11H,4,12-13H2,1-3H3,(H2,21,25)(H2,22,23,24). The van der Waals surface area contributed by atoms with Crippen LogP contribution in [0.4, 0.5) is 0 Å². The van der Waals surface area contributed by atoms with E-state index < -0.39 is 5.91 Å². The molecular weight excluding hydrogens is 344 g/mol. The van der Waals surface area contributed by atoms with Gasteiger partial charge in [0.2, 0.25) is 5.91 Å². The predicted molar refractivity (Wildman–Crippen MR) is 110 cm³/mol. The third-order valence-electron chi connectivity index (χ3n) is 3.86. The molecule has 0 aliphatic rings. The summed E-state index contributed by atoms with van der Waals surface area (Å²) in [6.45, 7) is 6.08. The summed E-state index contributed by atoms with van der Waals surface area (Å²) >= 11 is 1.75. The molecule has 0 unspecified atom stereocenters. The van der Waals surface area contributed by atoms with E-state index in [0.29, 0.717) is 18.7 Å². The van der Waals surface area contributed by atoms with Crippen molar-refractivity contribution in [2.75, 3.05) is 12.8 Å². The Morgan fingerprint density at radius 3 is 2.69 bits per heavy atom. The molecule has 4 N–H and O–H groups in total. The summed E-state index contributed by atoms with van der Waals surface area (Å²) in [5.41, 5.74) is 9.28. The lowest BCUT2D eigenvalue weighted by Gasteiger charge is -2.14. The number of hydrogen-bond donors (Lipinski definition) is 3. The van der Waals surface area contributed by atoms with E-state index in [1.54, 1.807) is 23.9 Å². The largest absolute Gasteiger partial charge is 0.366 e. The molecule has 138 valence electrons. The molecule has 0 bridgehead atoms. The maximum Gasteiger partial charge on any atom is 0.248 e. The van der Waals surface area contributed by atoms with Crippen molar-refractivity contribution in [2.24, 2.45) is 10.7 Å². The van der Waals surface area contributed by atoms with E-state index in [-0.39, 0.29) is 0 Å². The summed E-state index contributed by atoms with van der Waals surface area (Å²) in [5, 5.41) is 6.62. The molecule has 6 heteroatoms. The molecule has 2 rings (SSSR count). The highest BCUT2D eigenvalue weighted by Crippen LogP contribution is 2.21. The van der Waals surface area contributed by atoms with Gasteiger partial charge in [0.1, 0.15) is 0 Å². The lowest BCUT2D eigenvalue weighted by atomic mass is 10.1. The van der Waals surface area contributed by atoms with Crippen LogP contribution in [0.5, 0.6) is 0 Å². The minimum Gasteiger partial charge on any atom is -0.366 e. The van der Waals surface area contributed by atoms with Gasteiger partial charge in [0.25, 0.3) is 0 Å². The zero-order valence-corrected chi connectivity index (χ0v) is 16.3. The van der Waals surface area contributed by atoms with Crippen LogP contribution in [0.15, 0.2) is 52.4 Å². The van der Waals surface area contributed by atoms with Crippen molar-refractivity contribution in [1.29, 1.82) is 0 Å². The van der Waals surface area contributed by atoms with Crippen molar-refractivity contribution >= 4 is 23.6 Å². The number of aryl methyl sites for hydroxylation is 1. The van der Waals surface area contributed by atoms with Gasteiger partial charge in [-0.05, 0) is 55.0 Å². The quantitative estimate of drug-likeness (QED) is 0.398. The van der Waals surface area contributed by atoms with E-state index in [1.165, 1.54) is 16.0 Å². The van der Waals surface area contributed by atoms with Gasteiger partial charge >= 0.3 is 0 Å². The Kier molecular flexibility index (Phi) is 7.53. The molecule has 0 heterocycles. The smallest absolute Gasteiger partial charge is 0.248 e. The van der Waals surface area contributed by atoms with Gasteiger partial charge in [-0.25, -0.2) is 4.99 Å². The molecule has 2 aromatic carbocycles. The van der Waals surface area contributed by atoms with Gasteiger partial charge in [0.05, 0.1) is 6.54 Å². The number of carbonyl (C=O) groups excluding carboxylic acids is 1. The van der Waals surface area contributed by atoms with Gasteiger partial charge in [-0.1, -0.05) is 24.3 Å². The van der Waals surface area contributed by atoms with Crippen molar-refractivity contribution in [2.45, 2.75) is 31.8 Å². The first-order valence-corrected chi connectivity index (χ1v) is 9.80. The van der Waals surface area contributed by atoms with Crippen LogP contribution < -0.4 is 16.4 Å². The Bertz CT molecular complexity index is 789. The number of nitrogens with two attached hydrogens (primary N) is 1. The molecule has 2 aromatic rings. The van der Waals surface area contributed by atoms with Gasteiger partial charge in [0, 0.05) is 23.5 Å². The number of nitrogens with zero attached hydrogens (tertiary/aromatic N) is 1. The number of amides is 1. The third-order valence-corrected chi connectivity index (χ3v) is 4.68. The van der Waals surface area contributed by atoms with Crippen LogP contribution >= 0.6 is 11.8 Å². The average molecular weight is 371 g/mol. The molecule has 5 nitrogen and oxygen atoms in total. The van der Waals surface area contributed by atoms with Crippen molar-refractivity contribution in [3.63, 3.8) is 0 Å². The zero-order valence-electron chi connectivity index (χ0n) is 15.5. The summed E-state index contributed by atoms with van der Waals surface area (Å²) in [6.07, 6.45) is 2.09. The number of primary amides is 1. The number of guanidine groups is 1. The first-order chi connectivity index (χ1) is 12.5. The van der Waals surface area contributed by atoms with Crippen LogP contribution in [0.2, 0.25) is 0 Å². The summed E-state index contributed by atoms with van der Waals surface area (Å²) in [4.78, 5) is 17.2. The molecular formula is C20H26N4OS. The number of benzene rings is 2. The molecule has 0 saturated heterocycles. The Balaban J connectivity index is 2.07. The fraction of sp³-hybridized carbons (Fsp3) is 0.300. The van der Waals surface area contributed by atoms with Gasteiger partial charge in [-0.3, -0.25) is 4.79 Å². The number of carbonyl (C=O) groups is 1. The monoisotopic (exact) mass is 370 g/mol. The number of thioether (sulfide) groups is 1. The second kappa shape index (κ2) is 9.87. The maximum absolute atomic E-state index is 11.3. The Hall–Kier alpha value is -2.47. The molecule has 26 heavy (non-hydrogen) atoms. The third kappa shape index (κ3) is 5.81. The summed E-state index contributed by atoms with van der Waals surface area (Å²) < 4.78 is 0. The molecule has 0 fully saturated rings. The minimum atomic E-state index is -0.426. The van der Waals surface area contributed by atoms with Crippen molar-refractivity contribution in [3.05, 3.63) is 64.7 Å². The van der Waals surface area contributed by atoms with Crippen LogP contribution in [-0.4, -0.2) is 24.7 Å². The lowest BCUT2D eigenvalue weighted by molar-refractivity contribution is 0.1000. The number of aliphatic imine (C=N–C) groups is 1. The lowest BCUT2D eigenvalue weighted by Crippen LogP contribution is -2.36. The second-order valence-electron chi connectivity index (χ2n) is 5.93.